The van der Waals surface area contributed by atoms with Gasteiger partial charge in [-0.3, -0.25) is 4.57 Å². The highest BCUT2D eigenvalue weighted by Crippen LogP contribution is 2.23. The highest BCUT2D eigenvalue weighted by molar-refractivity contribution is 7.81. The van der Waals surface area contributed by atoms with E-state index >= 15 is 0 Å². The van der Waals surface area contributed by atoms with Gasteiger partial charge in [-0.05, 0) is 36.4 Å². The third-order valence-corrected chi connectivity index (χ3v) is 3.64. The third-order valence-electron chi connectivity index (χ3n) is 3.25. The summed E-state index contributed by atoms with van der Waals surface area (Å²) in [5.74, 6) is -1.74. The smallest absolute Gasteiger partial charge is 0.488 e. The van der Waals surface area contributed by atoms with Gasteiger partial charge in [-0.25, -0.2) is 8.78 Å². The van der Waals surface area contributed by atoms with Crippen LogP contribution in [0.4, 0.5) is 12.7 Å². The van der Waals surface area contributed by atoms with Crippen LogP contribution in [-0.2, 0) is 17.1 Å². The SMILES string of the molecule is O=S(=O)(F)Oc1ccc(OCc2c(F)cc(-n3cnnc3)cc2F)cc1. The predicted molar refractivity (Wildman–Crippen MR) is 82.7 cm³/mol. The Balaban J connectivity index is 1.72. The lowest BCUT2D eigenvalue weighted by molar-refractivity contribution is 0.292. The molecule has 1 aromatic heterocycles. The van der Waals surface area contributed by atoms with Crippen LogP contribution >= 0.6 is 0 Å². The third kappa shape index (κ3) is 4.30. The van der Waals surface area contributed by atoms with Crippen LogP contribution in [0.3, 0.4) is 0 Å². The van der Waals surface area contributed by atoms with Gasteiger partial charge in [-0.15, -0.1) is 10.2 Å². The Labute approximate surface area is 146 Å². The molecule has 0 unspecified atom stereocenters. The van der Waals surface area contributed by atoms with E-state index in [1.54, 1.807) is 0 Å². The van der Waals surface area contributed by atoms with E-state index in [0.29, 0.717) is 0 Å². The van der Waals surface area contributed by atoms with E-state index in [9.17, 15) is 21.1 Å². The lowest BCUT2D eigenvalue weighted by Gasteiger charge is -2.10. The van der Waals surface area contributed by atoms with Gasteiger partial charge in [0.05, 0.1) is 11.3 Å². The zero-order chi connectivity index (χ0) is 18.7. The summed E-state index contributed by atoms with van der Waals surface area (Å²) in [4.78, 5) is 0. The van der Waals surface area contributed by atoms with Crippen molar-refractivity contribution >= 4 is 10.5 Å². The van der Waals surface area contributed by atoms with Crippen LogP contribution in [0.25, 0.3) is 5.69 Å². The Morgan fingerprint density at radius 1 is 0.962 bits per heavy atom. The summed E-state index contributed by atoms with van der Waals surface area (Å²) in [6.45, 7) is -0.415. The maximum absolute atomic E-state index is 14.2. The zero-order valence-corrected chi connectivity index (χ0v) is 13.7. The lowest BCUT2D eigenvalue weighted by Crippen LogP contribution is -2.04. The van der Waals surface area contributed by atoms with Crippen molar-refractivity contribution in [3.05, 3.63) is 66.3 Å². The van der Waals surface area contributed by atoms with Crippen LogP contribution in [0.1, 0.15) is 5.56 Å². The van der Waals surface area contributed by atoms with Crippen molar-refractivity contribution in [1.82, 2.24) is 14.8 Å². The number of benzene rings is 2. The average molecular weight is 385 g/mol. The molecule has 2 aromatic carbocycles. The van der Waals surface area contributed by atoms with Crippen LogP contribution in [0.2, 0.25) is 0 Å². The Morgan fingerprint density at radius 2 is 1.50 bits per heavy atom. The molecular weight excluding hydrogens is 375 g/mol. The molecule has 0 atom stereocenters. The summed E-state index contributed by atoms with van der Waals surface area (Å²) in [6, 6.07) is 7.01. The largest absolute Gasteiger partial charge is 0.489 e. The molecule has 1 heterocycles. The molecule has 3 rings (SSSR count). The maximum atomic E-state index is 14.2. The van der Waals surface area contributed by atoms with Gasteiger partial charge < -0.3 is 8.92 Å². The maximum Gasteiger partial charge on any atom is 0.488 e. The minimum absolute atomic E-state index is 0.176. The van der Waals surface area contributed by atoms with Crippen molar-refractivity contribution in [3.63, 3.8) is 0 Å². The normalized spacial score (nSPS) is 11.3. The Kier molecular flexibility index (Phi) is 4.80. The highest BCUT2D eigenvalue weighted by atomic mass is 32.3. The van der Waals surface area contributed by atoms with Crippen molar-refractivity contribution in [2.45, 2.75) is 6.61 Å². The van der Waals surface area contributed by atoms with Gasteiger partial charge in [0.25, 0.3) is 0 Å². The number of rotatable bonds is 6. The molecule has 0 amide bonds. The monoisotopic (exact) mass is 385 g/mol. The summed E-state index contributed by atoms with van der Waals surface area (Å²) in [7, 11) is -5.13. The number of hydrogen-bond acceptors (Lipinski definition) is 6. The molecule has 0 saturated carbocycles. The van der Waals surface area contributed by atoms with Crippen molar-refractivity contribution in [2.75, 3.05) is 0 Å². The van der Waals surface area contributed by atoms with Gasteiger partial charge in [0, 0.05) is 0 Å². The number of nitrogens with zero attached hydrogens (tertiary/aromatic N) is 3. The van der Waals surface area contributed by atoms with Gasteiger partial charge in [0.15, 0.2) is 0 Å². The van der Waals surface area contributed by atoms with E-state index in [-0.39, 0.29) is 22.7 Å². The van der Waals surface area contributed by atoms with Gasteiger partial charge in [-0.1, -0.05) is 3.89 Å². The van der Waals surface area contributed by atoms with Gasteiger partial charge in [0.2, 0.25) is 0 Å². The zero-order valence-electron chi connectivity index (χ0n) is 12.8. The number of hydrogen-bond donors (Lipinski definition) is 0. The van der Waals surface area contributed by atoms with E-state index in [1.807, 2.05) is 0 Å². The first kappa shape index (κ1) is 17.7. The van der Waals surface area contributed by atoms with Crippen LogP contribution in [0.5, 0.6) is 11.5 Å². The fourth-order valence-electron chi connectivity index (χ4n) is 2.07. The summed E-state index contributed by atoms with van der Waals surface area (Å²) >= 11 is 0. The van der Waals surface area contributed by atoms with Crippen LogP contribution < -0.4 is 8.92 Å². The van der Waals surface area contributed by atoms with Crippen molar-refractivity contribution in [2.24, 2.45) is 0 Å². The Bertz CT molecular complexity index is 986. The van der Waals surface area contributed by atoms with E-state index in [1.165, 1.54) is 29.4 Å². The second-order valence-corrected chi connectivity index (χ2v) is 5.95. The quantitative estimate of drug-likeness (QED) is 0.607. The molecule has 0 aliphatic rings. The minimum atomic E-state index is -5.13. The molecule has 0 saturated heterocycles. The molecule has 136 valence electrons. The summed E-state index contributed by atoms with van der Waals surface area (Å²) in [5, 5.41) is 7.12. The first-order valence-corrected chi connectivity index (χ1v) is 8.32. The number of ether oxygens (including phenoxy) is 1. The van der Waals surface area contributed by atoms with Gasteiger partial charge in [0.1, 0.15) is 42.4 Å². The second-order valence-electron chi connectivity index (χ2n) is 4.99. The fourth-order valence-corrected chi connectivity index (χ4v) is 2.41. The average Bonchev–Trinajstić information content (AvgIpc) is 3.08. The molecular formula is C15H10F3N3O4S. The molecule has 11 heteroatoms. The molecule has 0 aliphatic carbocycles. The molecule has 26 heavy (non-hydrogen) atoms. The van der Waals surface area contributed by atoms with Gasteiger partial charge >= 0.3 is 10.5 Å². The van der Waals surface area contributed by atoms with Gasteiger partial charge in [-0.2, -0.15) is 8.42 Å². The van der Waals surface area contributed by atoms with E-state index in [4.69, 9.17) is 4.74 Å². The minimum Gasteiger partial charge on any atom is -0.489 e. The fraction of sp³-hybridized carbons (Fsp3) is 0.0667. The molecule has 0 aliphatic heterocycles. The van der Waals surface area contributed by atoms with Crippen molar-refractivity contribution in [3.8, 4) is 17.2 Å². The van der Waals surface area contributed by atoms with Crippen LogP contribution in [0.15, 0.2) is 49.1 Å². The van der Waals surface area contributed by atoms with Crippen molar-refractivity contribution < 1.29 is 30.0 Å². The summed E-state index contributed by atoms with van der Waals surface area (Å²) < 4.78 is 72.1. The molecule has 3 aromatic rings. The number of aromatic nitrogens is 3. The molecule has 0 spiro atoms. The molecule has 0 bridgehead atoms. The lowest BCUT2D eigenvalue weighted by atomic mass is 10.2. The summed E-state index contributed by atoms with van der Waals surface area (Å²) in [5.41, 5.74) is -0.0869. The van der Waals surface area contributed by atoms with E-state index in [2.05, 4.69) is 14.4 Å². The molecule has 0 fully saturated rings. The first-order chi connectivity index (χ1) is 12.3. The topological polar surface area (TPSA) is 83.3 Å². The number of halogens is 3. The van der Waals surface area contributed by atoms with Crippen LogP contribution in [0, 0.1) is 11.6 Å². The molecule has 0 N–H and O–H groups in total. The standard InChI is InChI=1S/C15H10F3N3O4S/c16-14-5-10(21-8-19-20-9-21)6-15(17)13(14)7-24-11-1-3-12(4-2-11)25-26(18,22)23/h1-6,8-9H,7H2. The Hall–Kier alpha value is -3.08. The van der Waals surface area contributed by atoms with E-state index in [0.717, 1.165) is 24.3 Å². The van der Waals surface area contributed by atoms with Crippen molar-refractivity contribution in [1.29, 1.82) is 0 Å². The predicted octanol–water partition coefficient (Wildman–Crippen LogP) is 2.72. The second kappa shape index (κ2) is 7.04. The van der Waals surface area contributed by atoms with Crippen LogP contribution in [-0.4, -0.2) is 23.2 Å². The molecule has 0 radical (unpaired) electrons. The summed E-state index contributed by atoms with van der Waals surface area (Å²) in [6.07, 6.45) is 2.59. The molecule has 7 nitrogen and oxygen atoms in total. The van der Waals surface area contributed by atoms with E-state index < -0.39 is 28.7 Å². The highest BCUT2D eigenvalue weighted by Gasteiger charge is 2.14. The first-order valence-electron chi connectivity index (χ1n) is 7.02. The Morgan fingerprint density at radius 3 is 2.04 bits per heavy atom.